The minimum Gasteiger partial charge on any atom is -0.381 e. The van der Waals surface area contributed by atoms with Gasteiger partial charge in [-0.1, -0.05) is 32.3 Å². The Bertz CT molecular complexity index is 568. The van der Waals surface area contributed by atoms with Crippen LogP contribution in [0.1, 0.15) is 55.8 Å². The van der Waals surface area contributed by atoms with Crippen LogP contribution >= 0.6 is 0 Å². The smallest absolute Gasteiger partial charge is 0.319 e. The van der Waals surface area contributed by atoms with E-state index >= 15 is 0 Å². The molecule has 0 atom stereocenters. The van der Waals surface area contributed by atoms with E-state index in [2.05, 4.69) is 5.32 Å². The third kappa shape index (κ3) is 4.15. The molecule has 6 nitrogen and oxygen atoms in total. The Morgan fingerprint density at radius 3 is 2.48 bits per heavy atom. The summed E-state index contributed by atoms with van der Waals surface area (Å²) in [5.74, 6) is -0.561. The number of carbonyl (C=O) groups excluding carboxylic acids is 2. The van der Waals surface area contributed by atoms with E-state index < -0.39 is 11.9 Å². The van der Waals surface area contributed by atoms with Gasteiger partial charge in [0.1, 0.15) is 0 Å². The largest absolute Gasteiger partial charge is 0.381 e. The summed E-state index contributed by atoms with van der Waals surface area (Å²) >= 11 is 0. The van der Waals surface area contributed by atoms with Crippen LogP contribution in [-0.4, -0.2) is 24.5 Å². The van der Waals surface area contributed by atoms with Gasteiger partial charge in [0.15, 0.2) is 0 Å². The molecule has 1 aliphatic carbocycles. The van der Waals surface area contributed by atoms with E-state index in [0.717, 1.165) is 24.9 Å². The molecule has 126 valence electrons. The maximum absolute atomic E-state index is 11.9. The van der Waals surface area contributed by atoms with Crippen LogP contribution < -0.4 is 21.7 Å². The van der Waals surface area contributed by atoms with E-state index in [9.17, 15) is 9.59 Å². The van der Waals surface area contributed by atoms with Gasteiger partial charge in [0.25, 0.3) is 5.91 Å². The number of nitrogens with one attached hydrogen (secondary N) is 1. The summed E-state index contributed by atoms with van der Waals surface area (Å²) in [5.41, 5.74) is 12.6. The molecule has 0 aromatic heterocycles. The van der Waals surface area contributed by atoms with Crippen molar-refractivity contribution in [2.75, 3.05) is 16.8 Å². The van der Waals surface area contributed by atoms with Crippen LogP contribution in [0.3, 0.4) is 0 Å². The predicted octanol–water partition coefficient (Wildman–Crippen LogP) is 2.83. The van der Waals surface area contributed by atoms with Gasteiger partial charge in [-0.2, -0.15) is 0 Å². The second-order valence-corrected chi connectivity index (χ2v) is 6.04. The van der Waals surface area contributed by atoms with Crippen molar-refractivity contribution >= 4 is 23.3 Å². The molecule has 0 bridgehead atoms. The highest BCUT2D eigenvalue weighted by atomic mass is 16.2. The number of primary amides is 2. The molecule has 1 aromatic rings. The van der Waals surface area contributed by atoms with E-state index in [4.69, 9.17) is 11.5 Å². The number of amides is 3. The lowest BCUT2D eigenvalue weighted by atomic mass is 9.95. The normalized spacial score (nSPS) is 15.2. The number of hydrogen-bond donors (Lipinski definition) is 3. The highest BCUT2D eigenvalue weighted by molar-refractivity contribution is 6.07. The van der Waals surface area contributed by atoms with Gasteiger partial charge in [-0.15, -0.1) is 0 Å². The molecule has 0 radical (unpaired) electrons. The van der Waals surface area contributed by atoms with Crippen LogP contribution in [0.15, 0.2) is 18.2 Å². The van der Waals surface area contributed by atoms with Crippen LogP contribution in [0.2, 0.25) is 0 Å². The van der Waals surface area contributed by atoms with Crippen molar-refractivity contribution in [1.29, 1.82) is 0 Å². The second-order valence-electron chi connectivity index (χ2n) is 6.04. The first kappa shape index (κ1) is 17.1. The van der Waals surface area contributed by atoms with Gasteiger partial charge < -0.3 is 16.8 Å². The lowest BCUT2D eigenvalue weighted by molar-refractivity contribution is 0.100. The summed E-state index contributed by atoms with van der Waals surface area (Å²) < 4.78 is 0. The molecule has 0 saturated heterocycles. The Kier molecular flexibility index (Phi) is 5.84. The molecule has 1 saturated carbocycles. The van der Waals surface area contributed by atoms with E-state index in [0.29, 0.717) is 23.8 Å². The lowest BCUT2D eigenvalue weighted by Crippen LogP contribution is -2.38. The molecule has 23 heavy (non-hydrogen) atoms. The number of para-hydroxylation sites is 1. The minimum atomic E-state index is -0.577. The first-order valence-corrected chi connectivity index (χ1v) is 8.31. The Labute approximate surface area is 137 Å². The number of anilines is 2. The zero-order chi connectivity index (χ0) is 16.8. The molecule has 2 rings (SSSR count). The summed E-state index contributed by atoms with van der Waals surface area (Å²) in [6, 6.07) is 5.06. The number of carbonyl (C=O) groups is 2. The topological polar surface area (TPSA) is 101 Å². The van der Waals surface area contributed by atoms with Gasteiger partial charge in [-0.25, -0.2) is 4.79 Å². The molecule has 1 aliphatic rings. The van der Waals surface area contributed by atoms with Crippen LogP contribution in [-0.2, 0) is 0 Å². The zero-order valence-corrected chi connectivity index (χ0v) is 13.7. The molecule has 0 spiro atoms. The Hall–Kier alpha value is -2.24. The van der Waals surface area contributed by atoms with Crippen molar-refractivity contribution in [3.8, 4) is 0 Å². The van der Waals surface area contributed by atoms with Crippen LogP contribution in [0.25, 0.3) is 0 Å². The number of rotatable bonds is 6. The molecular weight excluding hydrogens is 292 g/mol. The Morgan fingerprint density at radius 1 is 1.22 bits per heavy atom. The van der Waals surface area contributed by atoms with Gasteiger partial charge in [0.05, 0.1) is 16.9 Å². The number of nitrogens with two attached hydrogens (primary N) is 2. The summed E-state index contributed by atoms with van der Waals surface area (Å²) in [6.07, 6.45) is 6.55. The van der Waals surface area contributed by atoms with Crippen LogP contribution in [0.5, 0.6) is 0 Å². The standard InChI is InChI=1S/C17H26N4O2/c1-2-11-21(17(19)23)15-13(16(18)22)9-6-10-14(15)20-12-7-4-3-5-8-12/h6,9-10,12,20H,2-5,7-8,11H2,1H3,(H2,18,22)(H2,19,23). The predicted molar refractivity (Wildman–Crippen MR) is 92.7 cm³/mol. The third-order valence-corrected chi connectivity index (χ3v) is 4.25. The monoisotopic (exact) mass is 318 g/mol. The highest BCUT2D eigenvalue weighted by Gasteiger charge is 2.23. The van der Waals surface area contributed by atoms with Crippen LogP contribution in [0.4, 0.5) is 16.2 Å². The molecule has 5 N–H and O–H groups in total. The first-order valence-electron chi connectivity index (χ1n) is 8.31. The second kappa shape index (κ2) is 7.85. The molecule has 3 amide bonds. The summed E-state index contributed by atoms with van der Waals surface area (Å²) in [4.78, 5) is 25.1. The molecule has 6 heteroatoms. The zero-order valence-electron chi connectivity index (χ0n) is 13.7. The van der Waals surface area contributed by atoms with Gasteiger partial charge in [-0.05, 0) is 31.4 Å². The minimum absolute atomic E-state index is 0.318. The van der Waals surface area contributed by atoms with E-state index in [1.807, 2.05) is 13.0 Å². The number of benzene rings is 1. The van der Waals surface area contributed by atoms with Gasteiger partial charge >= 0.3 is 6.03 Å². The molecule has 0 aliphatic heterocycles. The van der Waals surface area contributed by atoms with Gasteiger partial charge in [0.2, 0.25) is 0 Å². The fourth-order valence-electron chi connectivity index (χ4n) is 3.17. The van der Waals surface area contributed by atoms with Crippen molar-refractivity contribution in [3.05, 3.63) is 23.8 Å². The van der Waals surface area contributed by atoms with Gasteiger partial charge in [0, 0.05) is 12.6 Å². The van der Waals surface area contributed by atoms with E-state index in [-0.39, 0.29) is 0 Å². The van der Waals surface area contributed by atoms with Crippen LogP contribution in [0, 0.1) is 0 Å². The van der Waals surface area contributed by atoms with Crippen molar-refractivity contribution < 1.29 is 9.59 Å². The highest BCUT2D eigenvalue weighted by Crippen LogP contribution is 2.33. The number of hydrogen-bond acceptors (Lipinski definition) is 3. The average Bonchev–Trinajstić information content (AvgIpc) is 2.53. The quantitative estimate of drug-likeness (QED) is 0.751. The van der Waals surface area contributed by atoms with Crippen molar-refractivity contribution in [3.63, 3.8) is 0 Å². The Balaban J connectivity index is 2.41. The third-order valence-electron chi connectivity index (χ3n) is 4.25. The SMILES string of the molecule is CCCN(C(N)=O)c1c(NC2CCCCC2)cccc1C(N)=O. The maximum Gasteiger partial charge on any atom is 0.319 e. The van der Waals surface area contributed by atoms with E-state index in [1.165, 1.54) is 24.2 Å². The van der Waals surface area contributed by atoms with Crippen molar-refractivity contribution in [1.82, 2.24) is 0 Å². The lowest BCUT2D eigenvalue weighted by Gasteiger charge is -2.29. The van der Waals surface area contributed by atoms with E-state index in [1.54, 1.807) is 12.1 Å². The molecule has 1 aromatic carbocycles. The molecule has 0 unspecified atom stereocenters. The number of urea groups is 1. The fourth-order valence-corrected chi connectivity index (χ4v) is 3.17. The summed E-state index contributed by atoms with van der Waals surface area (Å²) in [7, 11) is 0. The molecule has 1 fully saturated rings. The van der Waals surface area contributed by atoms with Gasteiger partial charge in [-0.3, -0.25) is 9.69 Å². The Morgan fingerprint density at radius 2 is 1.91 bits per heavy atom. The maximum atomic E-state index is 11.9. The van der Waals surface area contributed by atoms with Crippen molar-refractivity contribution in [2.45, 2.75) is 51.5 Å². The summed E-state index contributed by atoms with van der Waals surface area (Å²) in [5, 5.41) is 3.48. The molecular formula is C17H26N4O2. The number of nitrogens with zero attached hydrogens (tertiary/aromatic N) is 1. The first-order chi connectivity index (χ1) is 11.0. The van der Waals surface area contributed by atoms with Crippen molar-refractivity contribution in [2.24, 2.45) is 11.5 Å². The molecule has 0 heterocycles. The average molecular weight is 318 g/mol. The fraction of sp³-hybridized carbons (Fsp3) is 0.529. The summed E-state index contributed by atoms with van der Waals surface area (Å²) in [6.45, 7) is 2.40.